The molecule has 0 radical (unpaired) electrons. The molecule has 0 bridgehead atoms. The maximum atomic E-state index is 12.9. The molecule has 0 unspecified atom stereocenters. The van der Waals surface area contributed by atoms with Crippen molar-refractivity contribution in [1.29, 1.82) is 0 Å². The van der Waals surface area contributed by atoms with Crippen molar-refractivity contribution < 1.29 is 28.5 Å². The molecule has 236 valence electrons. The van der Waals surface area contributed by atoms with E-state index in [0.717, 1.165) is 24.3 Å². The van der Waals surface area contributed by atoms with E-state index in [9.17, 15) is 49.2 Å². The summed E-state index contributed by atoms with van der Waals surface area (Å²) in [5, 5.41) is 51.3. The number of hydrogen-bond donors (Lipinski definition) is 2. The van der Waals surface area contributed by atoms with Gasteiger partial charge in [0.15, 0.2) is 0 Å². The third kappa shape index (κ3) is 9.14. The zero-order valence-corrected chi connectivity index (χ0v) is 23.8. The molecule has 18 heteroatoms. The van der Waals surface area contributed by atoms with Crippen LogP contribution in [0.25, 0.3) is 0 Å². The minimum Gasteiger partial charge on any atom is -0.271 e. The molecule has 0 fully saturated rings. The summed E-state index contributed by atoms with van der Waals surface area (Å²) in [5.41, 5.74) is 5.53. The molecular weight excluding hydrogens is 614 g/mol. The van der Waals surface area contributed by atoms with E-state index < -0.39 is 31.1 Å². The molecule has 0 aliphatic carbocycles. The molecule has 0 atom stereocenters. The SMILES string of the molecule is C/C(=N\Nc1ccc([N+](=O)[O-])cc1[N+](=O)[O-])c1ccc(F)cc1.C/C(=N\Nc1ccc([N+](=O)[O-])cc1[N+](=O)[O-])c1ccc(F)cc1. The first-order valence-corrected chi connectivity index (χ1v) is 12.7. The van der Waals surface area contributed by atoms with Crippen LogP contribution in [0.2, 0.25) is 0 Å². The van der Waals surface area contributed by atoms with E-state index in [2.05, 4.69) is 21.1 Å². The van der Waals surface area contributed by atoms with E-state index in [1.54, 1.807) is 13.8 Å². The van der Waals surface area contributed by atoms with Gasteiger partial charge in [-0.1, -0.05) is 24.3 Å². The van der Waals surface area contributed by atoms with Crippen LogP contribution in [-0.4, -0.2) is 31.1 Å². The number of hydrogen-bond acceptors (Lipinski definition) is 12. The predicted molar refractivity (Wildman–Crippen MR) is 164 cm³/mol. The Balaban J connectivity index is 0.000000250. The number of rotatable bonds is 10. The number of anilines is 2. The van der Waals surface area contributed by atoms with E-state index in [-0.39, 0.29) is 34.4 Å². The van der Waals surface area contributed by atoms with Gasteiger partial charge in [0.25, 0.3) is 11.4 Å². The molecule has 4 aromatic rings. The van der Waals surface area contributed by atoms with Crippen molar-refractivity contribution in [2.45, 2.75) is 13.8 Å². The fourth-order valence-corrected chi connectivity index (χ4v) is 3.56. The number of benzene rings is 4. The molecule has 0 aromatic heterocycles. The molecule has 0 saturated heterocycles. The highest BCUT2D eigenvalue weighted by Crippen LogP contribution is 2.30. The Labute approximate surface area is 257 Å². The monoisotopic (exact) mass is 636 g/mol. The van der Waals surface area contributed by atoms with Crippen LogP contribution in [-0.2, 0) is 0 Å². The number of nitro groups is 4. The summed E-state index contributed by atoms with van der Waals surface area (Å²) in [7, 11) is 0. The van der Waals surface area contributed by atoms with Crippen molar-refractivity contribution in [3.63, 3.8) is 0 Å². The predicted octanol–water partition coefficient (Wildman–Crippen LogP) is 6.96. The number of halogens is 2. The Bertz CT molecular complexity index is 1710. The zero-order valence-electron chi connectivity index (χ0n) is 23.8. The largest absolute Gasteiger partial charge is 0.301 e. The summed E-state index contributed by atoms with van der Waals surface area (Å²) in [5.74, 6) is -0.777. The van der Waals surface area contributed by atoms with Crippen LogP contribution in [0.4, 0.5) is 42.9 Å². The van der Waals surface area contributed by atoms with Crippen LogP contribution >= 0.6 is 0 Å². The molecular formula is C28H22F2N8O8. The average molecular weight is 637 g/mol. The van der Waals surface area contributed by atoms with Crippen molar-refractivity contribution in [3.05, 3.63) is 148 Å². The second kappa shape index (κ2) is 15.1. The summed E-state index contributed by atoms with van der Waals surface area (Å²) >= 11 is 0. The minimum absolute atomic E-state index is 0.0158. The highest BCUT2D eigenvalue weighted by Gasteiger charge is 2.20. The quantitative estimate of drug-likeness (QED) is 0.103. The molecule has 0 heterocycles. The highest BCUT2D eigenvalue weighted by molar-refractivity contribution is 5.99. The van der Waals surface area contributed by atoms with E-state index in [0.29, 0.717) is 22.6 Å². The van der Waals surface area contributed by atoms with Crippen molar-refractivity contribution in [1.82, 2.24) is 0 Å². The lowest BCUT2D eigenvalue weighted by atomic mass is 10.1. The Hall–Kier alpha value is -6.72. The van der Waals surface area contributed by atoms with Crippen LogP contribution in [0.1, 0.15) is 25.0 Å². The van der Waals surface area contributed by atoms with Gasteiger partial charge in [-0.15, -0.1) is 0 Å². The first-order chi connectivity index (χ1) is 21.8. The lowest BCUT2D eigenvalue weighted by molar-refractivity contribution is -0.393. The maximum absolute atomic E-state index is 12.9. The fourth-order valence-electron chi connectivity index (χ4n) is 3.56. The van der Waals surface area contributed by atoms with Gasteiger partial charge in [0.05, 0.1) is 43.2 Å². The van der Waals surface area contributed by atoms with E-state index in [1.165, 1.54) is 60.7 Å². The van der Waals surface area contributed by atoms with Gasteiger partial charge in [-0.3, -0.25) is 51.3 Å². The van der Waals surface area contributed by atoms with Crippen LogP contribution in [0.5, 0.6) is 0 Å². The molecule has 0 amide bonds. The highest BCUT2D eigenvalue weighted by atomic mass is 19.1. The van der Waals surface area contributed by atoms with Gasteiger partial charge in [0, 0.05) is 12.1 Å². The minimum atomic E-state index is -0.738. The fraction of sp³-hybridized carbons (Fsp3) is 0.0714. The Morgan fingerprint density at radius 2 is 0.870 bits per heavy atom. The maximum Gasteiger partial charge on any atom is 0.301 e. The summed E-state index contributed by atoms with van der Waals surface area (Å²) in [6.07, 6.45) is 0. The molecule has 0 aliphatic rings. The summed E-state index contributed by atoms with van der Waals surface area (Å²) < 4.78 is 25.7. The number of nitrogens with zero attached hydrogens (tertiary/aromatic N) is 6. The van der Waals surface area contributed by atoms with Gasteiger partial charge in [-0.25, -0.2) is 8.78 Å². The number of non-ortho nitro benzene ring substituents is 2. The van der Waals surface area contributed by atoms with Gasteiger partial charge in [0.2, 0.25) is 0 Å². The Kier molecular flexibility index (Phi) is 11.1. The molecule has 0 saturated carbocycles. The first kappa shape index (κ1) is 33.8. The third-order valence-corrected chi connectivity index (χ3v) is 5.99. The lowest BCUT2D eigenvalue weighted by Gasteiger charge is -2.04. The number of nitro benzene ring substituents is 4. The number of nitrogens with one attached hydrogen (secondary N) is 2. The number of hydrazone groups is 2. The summed E-state index contributed by atoms with van der Waals surface area (Å²) in [6.45, 7) is 3.27. The second-order valence-electron chi connectivity index (χ2n) is 9.06. The van der Waals surface area contributed by atoms with Gasteiger partial charge in [-0.2, -0.15) is 10.2 Å². The molecule has 46 heavy (non-hydrogen) atoms. The Morgan fingerprint density at radius 1 is 0.543 bits per heavy atom. The van der Waals surface area contributed by atoms with Crippen molar-refractivity contribution >= 4 is 45.5 Å². The molecule has 0 spiro atoms. The lowest BCUT2D eigenvalue weighted by Crippen LogP contribution is -2.02. The summed E-state index contributed by atoms with van der Waals surface area (Å²) in [6, 6.07) is 17.5. The van der Waals surface area contributed by atoms with E-state index in [4.69, 9.17) is 0 Å². The molecule has 4 rings (SSSR count). The summed E-state index contributed by atoms with van der Waals surface area (Å²) in [4.78, 5) is 40.4. The normalized spacial score (nSPS) is 11.1. The second-order valence-corrected chi connectivity index (χ2v) is 9.06. The topological polar surface area (TPSA) is 221 Å². The average Bonchev–Trinajstić information content (AvgIpc) is 3.03. The van der Waals surface area contributed by atoms with Crippen LogP contribution < -0.4 is 10.9 Å². The van der Waals surface area contributed by atoms with Crippen molar-refractivity contribution in [2.75, 3.05) is 10.9 Å². The van der Waals surface area contributed by atoms with Crippen LogP contribution in [0.3, 0.4) is 0 Å². The molecule has 2 N–H and O–H groups in total. The zero-order chi connectivity index (χ0) is 34.0. The van der Waals surface area contributed by atoms with E-state index in [1.807, 2.05) is 0 Å². The molecule has 16 nitrogen and oxygen atoms in total. The van der Waals surface area contributed by atoms with E-state index >= 15 is 0 Å². The van der Waals surface area contributed by atoms with Crippen LogP contribution in [0.15, 0.2) is 95.1 Å². The molecule has 0 aliphatic heterocycles. The smallest absolute Gasteiger partial charge is 0.271 e. The third-order valence-electron chi connectivity index (χ3n) is 5.99. The Morgan fingerprint density at radius 3 is 1.15 bits per heavy atom. The van der Waals surface area contributed by atoms with Gasteiger partial charge in [-0.05, 0) is 61.4 Å². The standard InChI is InChI=1S/2C14H11FN4O4/c2*1-9(10-2-4-11(15)5-3-10)16-17-13-7-6-12(18(20)21)8-14(13)19(22)23/h2*2-8,17H,1H3/b2*16-9+. The van der Waals surface area contributed by atoms with Gasteiger partial charge < -0.3 is 0 Å². The van der Waals surface area contributed by atoms with Crippen molar-refractivity contribution in [3.8, 4) is 0 Å². The van der Waals surface area contributed by atoms with Gasteiger partial charge >= 0.3 is 11.4 Å². The molecule has 4 aromatic carbocycles. The first-order valence-electron chi connectivity index (χ1n) is 12.7. The van der Waals surface area contributed by atoms with Crippen molar-refractivity contribution in [2.24, 2.45) is 10.2 Å². The van der Waals surface area contributed by atoms with Crippen LogP contribution in [0, 0.1) is 52.1 Å². The van der Waals surface area contributed by atoms with Gasteiger partial charge in [0.1, 0.15) is 23.0 Å².